The molecule has 10 aromatic rings. The van der Waals surface area contributed by atoms with Gasteiger partial charge in [-0.3, -0.25) is 0 Å². The van der Waals surface area contributed by atoms with Crippen molar-refractivity contribution in [1.29, 1.82) is 0 Å². The predicted molar refractivity (Wildman–Crippen MR) is 237 cm³/mol. The van der Waals surface area contributed by atoms with Crippen LogP contribution in [-0.4, -0.2) is 0 Å². The van der Waals surface area contributed by atoms with Gasteiger partial charge in [-0.1, -0.05) is 141 Å². The average molecular weight is 720 g/mol. The Kier molecular flexibility index (Phi) is 7.14. The van der Waals surface area contributed by atoms with E-state index in [1.54, 1.807) is 0 Å². The van der Waals surface area contributed by atoms with Crippen molar-refractivity contribution in [1.82, 2.24) is 0 Å². The van der Waals surface area contributed by atoms with Crippen LogP contribution in [-0.2, 0) is 5.41 Å². The summed E-state index contributed by atoms with van der Waals surface area (Å²) in [7, 11) is 0. The van der Waals surface area contributed by atoms with Crippen molar-refractivity contribution in [3.8, 4) is 33.4 Å². The SMILES string of the molecule is CC1(C)c2ccccc2-c2ccc(N(c3ccc(-c4ccc5sc6ccccc6c5c4)cc3)c3ccc(-c4cc5ccccc5c5ccccc45)cc3)cc21. The van der Waals surface area contributed by atoms with Gasteiger partial charge in [0.1, 0.15) is 0 Å². The van der Waals surface area contributed by atoms with E-state index in [1.165, 1.54) is 86.2 Å². The molecule has 0 N–H and O–H groups in total. The third kappa shape index (κ3) is 5.06. The Morgan fingerprint density at radius 2 is 0.945 bits per heavy atom. The lowest BCUT2D eigenvalue weighted by Crippen LogP contribution is -2.16. The second kappa shape index (κ2) is 12.3. The molecule has 55 heavy (non-hydrogen) atoms. The lowest BCUT2D eigenvalue weighted by molar-refractivity contribution is 0.660. The quantitative estimate of drug-likeness (QED) is 0.160. The molecule has 0 bridgehead atoms. The maximum absolute atomic E-state index is 2.42. The minimum atomic E-state index is -0.0943. The maximum atomic E-state index is 2.42. The molecule has 1 aliphatic rings. The smallest absolute Gasteiger partial charge is 0.0465 e. The zero-order chi connectivity index (χ0) is 36.7. The molecule has 0 saturated carbocycles. The molecule has 0 fully saturated rings. The number of benzene rings is 9. The van der Waals surface area contributed by atoms with Gasteiger partial charge in [-0.25, -0.2) is 0 Å². The summed E-state index contributed by atoms with van der Waals surface area (Å²) in [6.45, 7) is 4.72. The normalized spacial score (nSPS) is 13.1. The summed E-state index contributed by atoms with van der Waals surface area (Å²) in [5.74, 6) is 0. The highest BCUT2D eigenvalue weighted by Crippen LogP contribution is 2.51. The lowest BCUT2D eigenvalue weighted by Gasteiger charge is -2.28. The fourth-order valence-corrected chi connectivity index (χ4v) is 10.2. The van der Waals surface area contributed by atoms with Crippen LogP contribution >= 0.6 is 11.3 Å². The second-order valence-corrected chi connectivity index (χ2v) is 16.4. The highest BCUT2D eigenvalue weighted by molar-refractivity contribution is 7.25. The Morgan fingerprint density at radius 1 is 0.364 bits per heavy atom. The highest BCUT2D eigenvalue weighted by Gasteiger charge is 2.35. The van der Waals surface area contributed by atoms with Crippen LogP contribution in [0, 0.1) is 0 Å². The van der Waals surface area contributed by atoms with Crippen LogP contribution in [0.25, 0.3) is 75.1 Å². The molecular weight excluding hydrogens is 683 g/mol. The molecular formula is C53H37NS. The summed E-state index contributed by atoms with van der Waals surface area (Å²) < 4.78 is 2.66. The molecule has 0 saturated heterocycles. The zero-order valence-electron chi connectivity index (χ0n) is 30.8. The third-order valence-corrected chi connectivity index (χ3v) is 13.0. The predicted octanol–water partition coefficient (Wildman–Crippen LogP) is 15.5. The molecule has 0 atom stereocenters. The number of nitrogens with zero attached hydrogens (tertiary/aromatic N) is 1. The van der Waals surface area contributed by atoms with Crippen molar-refractivity contribution >= 4 is 70.1 Å². The van der Waals surface area contributed by atoms with Gasteiger partial charge in [0.15, 0.2) is 0 Å². The van der Waals surface area contributed by atoms with Gasteiger partial charge in [-0.2, -0.15) is 0 Å². The molecule has 0 radical (unpaired) electrons. The lowest BCUT2D eigenvalue weighted by atomic mass is 9.82. The van der Waals surface area contributed by atoms with Gasteiger partial charge in [0.05, 0.1) is 0 Å². The van der Waals surface area contributed by atoms with Crippen molar-refractivity contribution in [2.75, 3.05) is 4.90 Å². The summed E-state index contributed by atoms with van der Waals surface area (Å²) in [4.78, 5) is 2.42. The first-order valence-corrected chi connectivity index (χ1v) is 19.9. The second-order valence-electron chi connectivity index (χ2n) is 15.3. The van der Waals surface area contributed by atoms with E-state index < -0.39 is 0 Å². The Hall–Kier alpha value is -6.48. The average Bonchev–Trinajstić information content (AvgIpc) is 3.72. The van der Waals surface area contributed by atoms with Gasteiger partial charge in [-0.05, 0) is 127 Å². The minimum absolute atomic E-state index is 0.0943. The Balaban J connectivity index is 1.03. The number of hydrogen-bond donors (Lipinski definition) is 0. The molecule has 9 aromatic carbocycles. The number of rotatable bonds is 5. The van der Waals surface area contributed by atoms with Crippen LogP contribution in [0.15, 0.2) is 188 Å². The van der Waals surface area contributed by atoms with Crippen LogP contribution in [0.1, 0.15) is 25.0 Å². The van der Waals surface area contributed by atoms with Gasteiger partial charge in [-0.15, -0.1) is 11.3 Å². The summed E-state index contributed by atoms with van der Waals surface area (Å²) in [5, 5.41) is 7.76. The highest BCUT2D eigenvalue weighted by atomic mass is 32.1. The van der Waals surface area contributed by atoms with E-state index in [2.05, 4.69) is 207 Å². The summed E-state index contributed by atoms with van der Waals surface area (Å²) in [6, 6.07) is 69.7. The van der Waals surface area contributed by atoms with E-state index in [0.717, 1.165) is 17.1 Å². The molecule has 0 unspecified atom stereocenters. The molecule has 1 aliphatic carbocycles. The van der Waals surface area contributed by atoms with Crippen molar-refractivity contribution in [3.63, 3.8) is 0 Å². The van der Waals surface area contributed by atoms with E-state index >= 15 is 0 Å². The molecule has 260 valence electrons. The van der Waals surface area contributed by atoms with Crippen LogP contribution in [0.5, 0.6) is 0 Å². The van der Waals surface area contributed by atoms with Crippen molar-refractivity contribution in [3.05, 3.63) is 199 Å². The zero-order valence-corrected chi connectivity index (χ0v) is 31.6. The Morgan fingerprint density at radius 3 is 1.75 bits per heavy atom. The first-order valence-electron chi connectivity index (χ1n) is 19.1. The molecule has 0 amide bonds. The van der Waals surface area contributed by atoms with Gasteiger partial charge in [0, 0.05) is 42.6 Å². The fraction of sp³-hybridized carbons (Fsp3) is 0.0566. The molecule has 1 aromatic heterocycles. The maximum Gasteiger partial charge on any atom is 0.0465 e. The molecule has 1 heterocycles. The van der Waals surface area contributed by atoms with Gasteiger partial charge < -0.3 is 4.90 Å². The minimum Gasteiger partial charge on any atom is -0.310 e. The molecule has 11 rings (SSSR count). The standard InChI is InChI=1S/C53H37NS/c1-53(2)49-17-9-7-15-44(49)45-29-28-40(33-50(45)53)54(38-24-19-34(20-25-38)36-23-30-52-48(31-36)46-16-8-10-18-51(46)55-52)39-26-21-35(22-27-39)47-32-37-11-3-4-12-41(37)42-13-5-6-14-43(42)47/h3-33H,1-2H3. The summed E-state index contributed by atoms with van der Waals surface area (Å²) in [5.41, 5.74) is 13.6. The fourth-order valence-electron chi connectivity index (χ4n) is 9.07. The first kappa shape index (κ1) is 32.0. The molecule has 1 nitrogen and oxygen atoms in total. The molecule has 0 spiro atoms. The van der Waals surface area contributed by atoms with Crippen LogP contribution < -0.4 is 4.90 Å². The van der Waals surface area contributed by atoms with Gasteiger partial charge >= 0.3 is 0 Å². The molecule has 2 heteroatoms. The van der Waals surface area contributed by atoms with E-state index in [0.29, 0.717) is 0 Å². The number of fused-ring (bicyclic) bond motifs is 9. The number of thiophene rings is 1. The summed E-state index contributed by atoms with van der Waals surface area (Å²) in [6.07, 6.45) is 0. The number of hydrogen-bond acceptors (Lipinski definition) is 2. The topological polar surface area (TPSA) is 3.24 Å². The van der Waals surface area contributed by atoms with E-state index in [1.807, 2.05) is 11.3 Å². The molecule has 0 aliphatic heterocycles. The largest absolute Gasteiger partial charge is 0.310 e. The Labute approximate surface area is 325 Å². The first-order chi connectivity index (χ1) is 27.0. The number of anilines is 3. The van der Waals surface area contributed by atoms with Gasteiger partial charge in [0.2, 0.25) is 0 Å². The van der Waals surface area contributed by atoms with E-state index in [4.69, 9.17) is 0 Å². The summed E-state index contributed by atoms with van der Waals surface area (Å²) >= 11 is 1.86. The van der Waals surface area contributed by atoms with Crippen LogP contribution in [0.3, 0.4) is 0 Å². The van der Waals surface area contributed by atoms with Crippen LogP contribution in [0.4, 0.5) is 17.1 Å². The van der Waals surface area contributed by atoms with Crippen molar-refractivity contribution in [2.45, 2.75) is 19.3 Å². The van der Waals surface area contributed by atoms with Crippen molar-refractivity contribution in [2.24, 2.45) is 0 Å². The Bertz CT molecular complexity index is 3110. The van der Waals surface area contributed by atoms with Crippen LogP contribution in [0.2, 0.25) is 0 Å². The van der Waals surface area contributed by atoms with Gasteiger partial charge in [0.25, 0.3) is 0 Å². The monoisotopic (exact) mass is 719 g/mol. The van der Waals surface area contributed by atoms with E-state index in [-0.39, 0.29) is 5.41 Å². The van der Waals surface area contributed by atoms with Crippen molar-refractivity contribution < 1.29 is 0 Å². The van der Waals surface area contributed by atoms with E-state index in [9.17, 15) is 0 Å². The third-order valence-electron chi connectivity index (χ3n) is 11.9.